The van der Waals surface area contributed by atoms with Crippen molar-refractivity contribution < 1.29 is 4.79 Å². The van der Waals surface area contributed by atoms with Crippen molar-refractivity contribution >= 4 is 11.7 Å². The molecule has 1 aromatic heterocycles. The molecule has 1 aromatic carbocycles. The highest BCUT2D eigenvalue weighted by atomic mass is 16.2. The summed E-state index contributed by atoms with van der Waals surface area (Å²) in [5, 5.41) is 5.88. The first-order chi connectivity index (χ1) is 10.7. The number of H-pyrrole nitrogens is 1. The molecule has 2 aromatic rings. The summed E-state index contributed by atoms with van der Waals surface area (Å²) >= 11 is 0. The SMILES string of the molecule is O=C1C[C@H](c2ccccc2)c2c(n(C3CCCC3)[nH]c2=O)N1. The number of rotatable bonds is 2. The highest BCUT2D eigenvalue weighted by Gasteiger charge is 2.34. The van der Waals surface area contributed by atoms with E-state index in [0.717, 1.165) is 18.4 Å². The van der Waals surface area contributed by atoms with Gasteiger partial charge in [0.2, 0.25) is 5.91 Å². The van der Waals surface area contributed by atoms with E-state index in [2.05, 4.69) is 10.4 Å². The van der Waals surface area contributed by atoms with Crippen molar-refractivity contribution in [1.29, 1.82) is 0 Å². The fourth-order valence-corrected chi connectivity index (χ4v) is 3.79. The van der Waals surface area contributed by atoms with Gasteiger partial charge in [0.1, 0.15) is 5.82 Å². The molecule has 0 spiro atoms. The highest BCUT2D eigenvalue weighted by Crippen LogP contribution is 2.38. The monoisotopic (exact) mass is 297 g/mol. The average Bonchev–Trinajstić information content (AvgIpc) is 3.16. The van der Waals surface area contributed by atoms with E-state index in [1.54, 1.807) is 0 Å². The van der Waals surface area contributed by atoms with Gasteiger partial charge < -0.3 is 5.32 Å². The summed E-state index contributed by atoms with van der Waals surface area (Å²) in [7, 11) is 0. The molecule has 1 amide bonds. The molecule has 1 saturated carbocycles. The topological polar surface area (TPSA) is 66.9 Å². The fraction of sp³-hybridized carbons (Fsp3) is 0.412. The molecule has 0 bridgehead atoms. The second-order valence-electron chi connectivity index (χ2n) is 6.23. The van der Waals surface area contributed by atoms with Crippen LogP contribution in [0.2, 0.25) is 0 Å². The zero-order valence-corrected chi connectivity index (χ0v) is 12.3. The van der Waals surface area contributed by atoms with Crippen molar-refractivity contribution in [3.63, 3.8) is 0 Å². The van der Waals surface area contributed by atoms with Gasteiger partial charge in [0.05, 0.1) is 11.6 Å². The van der Waals surface area contributed by atoms with Gasteiger partial charge in [-0.25, -0.2) is 0 Å². The van der Waals surface area contributed by atoms with Crippen LogP contribution in [0.1, 0.15) is 55.2 Å². The van der Waals surface area contributed by atoms with E-state index in [-0.39, 0.29) is 17.4 Å². The number of fused-ring (bicyclic) bond motifs is 1. The number of nitrogens with zero attached hydrogens (tertiary/aromatic N) is 1. The lowest BCUT2D eigenvalue weighted by molar-refractivity contribution is -0.116. The van der Waals surface area contributed by atoms with Crippen molar-refractivity contribution in [3.05, 3.63) is 51.8 Å². The van der Waals surface area contributed by atoms with Crippen LogP contribution in [0.15, 0.2) is 35.1 Å². The minimum Gasteiger partial charge on any atom is -0.311 e. The Bertz CT molecular complexity index is 754. The molecule has 5 nitrogen and oxygen atoms in total. The standard InChI is InChI=1S/C17H19N3O2/c21-14-10-13(11-6-2-1-3-7-11)15-16(18-14)20(19-17(15)22)12-8-4-5-9-12/h1-3,6-7,12-13H,4-5,8-10H2,(H,18,21)(H,19,22)/t13-/m1/s1. The van der Waals surface area contributed by atoms with E-state index in [1.807, 2.05) is 35.0 Å². The Hall–Kier alpha value is -2.30. The molecule has 22 heavy (non-hydrogen) atoms. The minimum atomic E-state index is -0.156. The van der Waals surface area contributed by atoms with Crippen LogP contribution in [0, 0.1) is 0 Å². The Balaban J connectivity index is 1.84. The second-order valence-corrected chi connectivity index (χ2v) is 6.23. The van der Waals surface area contributed by atoms with Crippen LogP contribution < -0.4 is 10.9 Å². The van der Waals surface area contributed by atoms with E-state index in [4.69, 9.17) is 0 Å². The van der Waals surface area contributed by atoms with E-state index in [1.165, 1.54) is 12.8 Å². The molecule has 5 heteroatoms. The first-order valence-electron chi connectivity index (χ1n) is 7.93. The fourth-order valence-electron chi connectivity index (χ4n) is 3.79. The number of carbonyl (C=O) groups is 1. The smallest absolute Gasteiger partial charge is 0.270 e. The molecule has 0 radical (unpaired) electrons. The second kappa shape index (κ2) is 5.16. The number of hydrogen-bond donors (Lipinski definition) is 2. The number of nitrogens with one attached hydrogen (secondary N) is 2. The van der Waals surface area contributed by atoms with Crippen LogP contribution in [-0.4, -0.2) is 15.7 Å². The molecule has 1 atom stereocenters. The summed E-state index contributed by atoms with van der Waals surface area (Å²) in [5.41, 5.74) is 1.65. The number of aromatic amines is 1. The molecule has 0 unspecified atom stereocenters. The van der Waals surface area contributed by atoms with Gasteiger partial charge >= 0.3 is 0 Å². The lowest BCUT2D eigenvalue weighted by Gasteiger charge is -2.24. The van der Waals surface area contributed by atoms with Crippen LogP contribution in [0.25, 0.3) is 0 Å². The molecule has 2 N–H and O–H groups in total. The van der Waals surface area contributed by atoms with E-state index < -0.39 is 0 Å². The maximum Gasteiger partial charge on any atom is 0.270 e. The van der Waals surface area contributed by atoms with Gasteiger partial charge in [0.15, 0.2) is 0 Å². The summed E-state index contributed by atoms with van der Waals surface area (Å²) in [5.74, 6) is 0.505. The summed E-state index contributed by atoms with van der Waals surface area (Å²) in [6.07, 6.45) is 4.80. The van der Waals surface area contributed by atoms with Gasteiger partial charge in [-0.2, -0.15) is 0 Å². The third kappa shape index (κ3) is 2.08. The van der Waals surface area contributed by atoms with Crippen molar-refractivity contribution in [1.82, 2.24) is 9.78 Å². The van der Waals surface area contributed by atoms with Gasteiger partial charge in [0, 0.05) is 12.3 Å². The molecular weight excluding hydrogens is 278 g/mol. The molecule has 2 aliphatic rings. The Labute approximate surface area is 128 Å². The van der Waals surface area contributed by atoms with Crippen LogP contribution >= 0.6 is 0 Å². The predicted molar refractivity (Wildman–Crippen MR) is 84.1 cm³/mol. The lowest BCUT2D eigenvalue weighted by Crippen LogP contribution is -2.27. The summed E-state index contributed by atoms with van der Waals surface area (Å²) in [4.78, 5) is 24.6. The van der Waals surface area contributed by atoms with Gasteiger partial charge in [-0.1, -0.05) is 43.2 Å². The lowest BCUT2D eigenvalue weighted by atomic mass is 9.87. The Morgan fingerprint density at radius 1 is 1.05 bits per heavy atom. The van der Waals surface area contributed by atoms with Gasteiger partial charge in [-0.3, -0.25) is 19.4 Å². The van der Waals surface area contributed by atoms with Gasteiger partial charge in [-0.15, -0.1) is 0 Å². The average molecular weight is 297 g/mol. The summed E-state index contributed by atoms with van der Waals surface area (Å²) in [6.45, 7) is 0. The van der Waals surface area contributed by atoms with Crippen LogP contribution in [0.3, 0.4) is 0 Å². The molecular formula is C17H19N3O2. The predicted octanol–water partition coefficient (Wildman–Crippen LogP) is 2.77. The summed E-state index contributed by atoms with van der Waals surface area (Å²) < 4.78 is 1.90. The molecule has 2 heterocycles. The van der Waals surface area contributed by atoms with E-state index in [9.17, 15) is 9.59 Å². The van der Waals surface area contributed by atoms with Crippen LogP contribution in [-0.2, 0) is 4.79 Å². The zero-order valence-electron chi connectivity index (χ0n) is 12.3. The van der Waals surface area contributed by atoms with Crippen molar-refractivity contribution in [3.8, 4) is 0 Å². The Morgan fingerprint density at radius 3 is 2.50 bits per heavy atom. The third-order valence-electron chi connectivity index (χ3n) is 4.85. The number of aromatic nitrogens is 2. The normalized spacial score (nSPS) is 21.6. The first kappa shape index (κ1) is 13.4. The number of hydrogen-bond acceptors (Lipinski definition) is 2. The minimum absolute atomic E-state index is 0.0212. The summed E-state index contributed by atoms with van der Waals surface area (Å²) in [6, 6.07) is 10.1. The quantitative estimate of drug-likeness (QED) is 0.895. The maximum atomic E-state index is 12.5. The maximum absolute atomic E-state index is 12.5. The number of benzene rings is 1. The van der Waals surface area contributed by atoms with Crippen molar-refractivity contribution in [2.45, 2.75) is 44.1 Å². The number of amides is 1. The first-order valence-corrected chi connectivity index (χ1v) is 7.93. The van der Waals surface area contributed by atoms with Crippen LogP contribution in [0.5, 0.6) is 0 Å². The Kier molecular flexibility index (Phi) is 3.13. The van der Waals surface area contributed by atoms with E-state index >= 15 is 0 Å². The molecule has 1 aliphatic heterocycles. The largest absolute Gasteiger partial charge is 0.311 e. The van der Waals surface area contributed by atoms with Gasteiger partial charge in [0.25, 0.3) is 5.56 Å². The van der Waals surface area contributed by atoms with Gasteiger partial charge in [-0.05, 0) is 18.4 Å². The molecule has 1 fully saturated rings. The number of anilines is 1. The van der Waals surface area contributed by atoms with E-state index in [0.29, 0.717) is 23.8 Å². The highest BCUT2D eigenvalue weighted by molar-refractivity contribution is 5.94. The third-order valence-corrected chi connectivity index (χ3v) is 4.85. The van der Waals surface area contributed by atoms with Crippen molar-refractivity contribution in [2.24, 2.45) is 0 Å². The molecule has 0 saturated heterocycles. The number of carbonyl (C=O) groups excluding carboxylic acids is 1. The molecule has 114 valence electrons. The zero-order chi connectivity index (χ0) is 15.1. The molecule has 4 rings (SSSR count). The molecule has 1 aliphatic carbocycles. The Morgan fingerprint density at radius 2 is 1.77 bits per heavy atom. The van der Waals surface area contributed by atoms with Crippen molar-refractivity contribution in [2.75, 3.05) is 5.32 Å². The van der Waals surface area contributed by atoms with Crippen LogP contribution in [0.4, 0.5) is 5.82 Å².